The first kappa shape index (κ1) is 28.2. The molecule has 34 heavy (non-hydrogen) atoms. The Balaban J connectivity index is 2.88. The maximum absolute atomic E-state index is 12.5. The Morgan fingerprint density at radius 3 is 2.74 bits per heavy atom. The highest BCUT2D eigenvalue weighted by Crippen LogP contribution is 2.12. The van der Waals surface area contributed by atoms with E-state index in [1.807, 2.05) is 6.92 Å². The molecule has 1 heterocycles. The first-order valence-electron chi connectivity index (χ1n) is 10.8. The van der Waals surface area contributed by atoms with E-state index in [1.54, 1.807) is 56.5 Å². The van der Waals surface area contributed by atoms with Gasteiger partial charge in [0.25, 0.3) is 5.91 Å². The monoisotopic (exact) mass is 470 g/mol. The van der Waals surface area contributed by atoms with Crippen molar-refractivity contribution in [2.24, 2.45) is 15.1 Å². The maximum atomic E-state index is 12.5. The van der Waals surface area contributed by atoms with Crippen LogP contribution in [-0.2, 0) is 14.3 Å². The second kappa shape index (κ2) is 15.1. The standard InChI is InChI=1S/C24H34N6O4/c1-8-21(34-18(4)17-20(26-9-2)13-14-27-29(7)10-3)11-12-22(25-6)28-24(32)30-15-16-33-19(5)23(30)31/h9-12,14,17,19H,2-3,6,8,13,15-16H2,1,4-5,7H3,(H,28,32)/b18-17+,21-11+,22-12+,26-20?,27-14-/t19-/m1/s1. The maximum Gasteiger partial charge on any atom is 0.329 e. The number of rotatable bonds is 12. The third-order valence-corrected chi connectivity index (χ3v) is 4.47. The van der Waals surface area contributed by atoms with Gasteiger partial charge in [0.05, 0.1) is 13.2 Å². The summed E-state index contributed by atoms with van der Waals surface area (Å²) in [6.45, 7) is 16.5. The van der Waals surface area contributed by atoms with Gasteiger partial charge in [0.15, 0.2) is 0 Å². The predicted molar refractivity (Wildman–Crippen MR) is 135 cm³/mol. The van der Waals surface area contributed by atoms with Gasteiger partial charge >= 0.3 is 6.03 Å². The Hall–Kier alpha value is -3.79. The van der Waals surface area contributed by atoms with Gasteiger partial charge < -0.3 is 9.47 Å². The van der Waals surface area contributed by atoms with E-state index in [1.165, 1.54) is 6.20 Å². The molecule has 1 aliphatic heterocycles. The van der Waals surface area contributed by atoms with E-state index in [4.69, 9.17) is 9.47 Å². The molecule has 0 spiro atoms. The number of ether oxygens (including phenoxy) is 2. The molecule has 0 saturated carbocycles. The summed E-state index contributed by atoms with van der Waals surface area (Å²) in [5.41, 5.74) is 0.713. The van der Waals surface area contributed by atoms with E-state index < -0.39 is 18.0 Å². The Kier molecular flexibility index (Phi) is 12.6. The molecule has 0 aromatic heterocycles. The fourth-order valence-electron chi connectivity index (χ4n) is 2.68. The van der Waals surface area contributed by atoms with Crippen LogP contribution in [0.3, 0.4) is 0 Å². The lowest BCUT2D eigenvalue weighted by Gasteiger charge is -2.29. The number of carbonyl (C=O) groups excluding carboxylic acids is 2. The minimum Gasteiger partial charge on any atom is -0.466 e. The number of allylic oxidation sites excluding steroid dienone is 5. The molecule has 3 amide bonds. The summed E-state index contributed by atoms with van der Waals surface area (Å²) in [4.78, 5) is 33.7. The van der Waals surface area contributed by atoms with Gasteiger partial charge in [-0.3, -0.25) is 25.0 Å². The minimum absolute atomic E-state index is 0.172. The number of hydrazone groups is 1. The van der Waals surface area contributed by atoms with Gasteiger partial charge in [-0.1, -0.05) is 20.1 Å². The topological polar surface area (TPSA) is 108 Å². The molecule has 0 aromatic carbocycles. The smallest absolute Gasteiger partial charge is 0.329 e. The van der Waals surface area contributed by atoms with Crippen molar-refractivity contribution in [3.8, 4) is 0 Å². The molecular weight excluding hydrogens is 436 g/mol. The van der Waals surface area contributed by atoms with Crippen molar-refractivity contribution < 1.29 is 19.1 Å². The van der Waals surface area contributed by atoms with Gasteiger partial charge in [-0.15, -0.1) is 0 Å². The largest absolute Gasteiger partial charge is 0.466 e. The normalized spacial score (nSPS) is 18.1. The molecule has 1 rings (SSSR count). The SMILES string of the molecule is C=CN=C(/C=C(\C)O/C(=C/C=C(\N=C)NC(=O)N1CCO[C@H](C)C1=O)CC)C/C=N\N(C)C=C. The summed E-state index contributed by atoms with van der Waals surface area (Å²) < 4.78 is 11.1. The van der Waals surface area contributed by atoms with Crippen molar-refractivity contribution >= 4 is 30.6 Å². The third kappa shape index (κ3) is 9.78. The molecule has 184 valence electrons. The zero-order valence-electron chi connectivity index (χ0n) is 20.4. The van der Waals surface area contributed by atoms with E-state index >= 15 is 0 Å². The van der Waals surface area contributed by atoms with Crippen LogP contribution in [0.1, 0.15) is 33.6 Å². The molecule has 1 atom stereocenters. The van der Waals surface area contributed by atoms with E-state index in [0.29, 0.717) is 30.1 Å². The van der Waals surface area contributed by atoms with Gasteiger partial charge in [0, 0.05) is 44.2 Å². The lowest BCUT2D eigenvalue weighted by molar-refractivity contribution is -0.146. The molecule has 1 aliphatic rings. The summed E-state index contributed by atoms with van der Waals surface area (Å²) >= 11 is 0. The van der Waals surface area contributed by atoms with E-state index in [0.717, 1.165) is 4.90 Å². The van der Waals surface area contributed by atoms with Gasteiger partial charge in [-0.05, 0) is 38.8 Å². The number of amides is 3. The third-order valence-electron chi connectivity index (χ3n) is 4.47. The van der Waals surface area contributed by atoms with Crippen molar-refractivity contribution in [3.05, 3.63) is 61.1 Å². The number of urea groups is 1. The van der Waals surface area contributed by atoms with Gasteiger partial charge in [-0.25, -0.2) is 9.79 Å². The average Bonchev–Trinajstić information content (AvgIpc) is 2.82. The zero-order chi connectivity index (χ0) is 25.5. The first-order chi connectivity index (χ1) is 16.2. The van der Waals surface area contributed by atoms with E-state index in [9.17, 15) is 9.59 Å². The van der Waals surface area contributed by atoms with Crippen LogP contribution in [0.25, 0.3) is 0 Å². The summed E-state index contributed by atoms with van der Waals surface area (Å²) in [5.74, 6) is 1.01. The summed E-state index contributed by atoms with van der Waals surface area (Å²) in [6, 6.07) is -0.587. The Labute approximate surface area is 201 Å². The lowest BCUT2D eigenvalue weighted by Crippen LogP contribution is -2.52. The molecule has 0 aromatic rings. The van der Waals surface area contributed by atoms with Crippen molar-refractivity contribution in [1.29, 1.82) is 0 Å². The van der Waals surface area contributed by atoms with Crippen LogP contribution in [0.15, 0.2) is 76.2 Å². The van der Waals surface area contributed by atoms with Crippen LogP contribution >= 0.6 is 0 Å². The molecular formula is C24H34N6O4. The number of nitrogens with zero attached hydrogens (tertiary/aromatic N) is 5. The van der Waals surface area contributed by atoms with Crippen LogP contribution in [0.4, 0.5) is 4.79 Å². The summed E-state index contributed by atoms with van der Waals surface area (Å²) in [7, 11) is 1.78. The van der Waals surface area contributed by atoms with Crippen LogP contribution in [0.2, 0.25) is 0 Å². The molecule has 0 aliphatic carbocycles. The number of hydrogen-bond donors (Lipinski definition) is 1. The fraction of sp³-hybridized carbons (Fsp3) is 0.375. The number of nitrogens with one attached hydrogen (secondary N) is 1. The number of carbonyl (C=O) groups is 2. The predicted octanol–water partition coefficient (Wildman–Crippen LogP) is 3.74. The van der Waals surface area contributed by atoms with Crippen LogP contribution < -0.4 is 5.32 Å². The first-order valence-corrected chi connectivity index (χ1v) is 10.8. The van der Waals surface area contributed by atoms with E-state index in [2.05, 4.69) is 40.3 Å². The average molecular weight is 471 g/mol. The van der Waals surface area contributed by atoms with Crippen molar-refractivity contribution in [2.45, 2.75) is 39.7 Å². The Morgan fingerprint density at radius 2 is 2.12 bits per heavy atom. The summed E-state index contributed by atoms with van der Waals surface area (Å²) in [5, 5.41) is 8.34. The van der Waals surface area contributed by atoms with Crippen LogP contribution in [0, 0.1) is 0 Å². The van der Waals surface area contributed by atoms with E-state index in [-0.39, 0.29) is 19.0 Å². The van der Waals surface area contributed by atoms with Crippen molar-refractivity contribution in [2.75, 3.05) is 20.2 Å². The molecule has 10 heteroatoms. The highest BCUT2D eigenvalue weighted by molar-refractivity contribution is 6.03. The molecule has 1 fully saturated rings. The molecule has 1 N–H and O–H groups in total. The zero-order valence-corrected chi connectivity index (χ0v) is 20.4. The van der Waals surface area contributed by atoms with Crippen molar-refractivity contribution in [1.82, 2.24) is 15.2 Å². The number of morpholine rings is 1. The molecule has 0 radical (unpaired) electrons. The molecule has 0 unspecified atom stereocenters. The highest BCUT2D eigenvalue weighted by atomic mass is 16.5. The van der Waals surface area contributed by atoms with Gasteiger partial charge in [0.2, 0.25) is 0 Å². The summed E-state index contributed by atoms with van der Waals surface area (Å²) in [6.07, 6.45) is 10.2. The van der Waals surface area contributed by atoms with Gasteiger partial charge in [-0.2, -0.15) is 5.10 Å². The molecule has 0 bridgehead atoms. The number of aliphatic imine (C=N–C) groups is 2. The fourth-order valence-corrected chi connectivity index (χ4v) is 2.68. The van der Waals surface area contributed by atoms with Crippen LogP contribution in [-0.4, -0.2) is 66.8 Å². The number of imide groups is 1. The quantitative estimate of drug-likeness (QED) is 0.202. The number of hydrogen-bond acceptors (Lipinski definition) is 8. The van der Waals surface area contributed by atoms with Crippen LogP contribution in [0.5, 0.6) is 0 Å². The minimum atomic E-state index is -0.665. The van der Waals surface area contributed by atoms with Gasteiger partial charge in [0.1, 0.15) is 23.4 Å². The Morgan fingerprint density at radius 1 is 1.38 bits per heavy atom. The molecule has 10 nitrogen and oxygen atoms in total. The highest BCUT2D eigenvalue weighted by Gasteiger charge is 2.30. The second-order valence-corrected chi connectivity index (χ2v) is 7.05. The molecule has 1 saturated heterocycles. The van der Waals surface area contributed by atoms with Crippen molar-refractivity contribution in [3.63, 3.8) is 0 Å². The Bertz CT molecular complexity index is 916. The second-order valence-electron chi connectivity index (χ2n) is 7.05. The lowest BCUT2D eigenvalue weighted by atomic mass is 10.2.